The topological polar surface area (TPSA) is 77.7 Å². The maximum absolute atomic E-state index is 11.3. The molecular weight excluding hydrogens is 270 g/mol. The first-order chi connectivity index (χ1) is 10.2. The highest BCUT2D eigenvalue weighted by atomic mass is 16.5. The molecule has 2 fully saturated rings. The van der Waals surface area contributed by atoms with E-state index in [1.165, 1.54) is 0 Å². The van der Waals surface area contributed by atoms with Gasteiger partial charge in [0.15, 0.2) is 0 Å². The van der Waals surface area contributed by atoms with Crippen LogP contribution in [0.5, 0.6) is 0 Å². The van der Waals surface area contributed by atoms with Gasteiger partial charge in [0.2, 0.25) is 0 Å². The number of hydrogen-bond donors (Lipinski definition) is 1. The van der Waals surface area contributed by atoms with Gasteiger partial charge in [0.05, 0.1) is 31.5 Å². The summed E-state index contributed by atoms with van der Waals surface area (Å²) in [6.07, 6.45) is 6.46. The molecular formula is C15H21N3O3. The van der Waals surface area contributed by atoms with Gasteiger partial charge in [0, 0.05) is 18.9 Å². The van der Waals surface area contributed by atoms with Crippen molar-refractivity contribution in [2.75, 3.05) is 13.2 Å². The second-order valence-electron chi connectivity index (χ2n) is 5.63. The van der Waals surface area contributed by atoms with Crippen LogP contribution in [0.3, 0.4) is 0 Å². The van der Waals surface area contributed by atoms with Gasteiger partial charge in [-0.05, 0) is 37.0 Å². The Morgan fingerprint density at radius 3 is 2.95 bits per heavy atom. The minimum absolute atomic E-state index is 0.112. The van der Waals surface area contributed by atoms with E-state index in [9.17, 15) is 4.79 Å². The lowest BCUT2D eigenvalue weighted by atomic mass is 9.99. The van der Waals surface area contributed by atoms with Gasteiger partial charge in [-0.25, -0.2) is 4.79 Å². The summed E-state index contributed by atoms with van der Waals surface area (Å²) in [5.74, 6) is 0. The Balaban J connectivity index is 1.44. The highest BCUT2D eigenvalue weighted by Gasteiger charge is 2.41. The summed E-state index contributed by atoms with van der Waals surface area (Å²) in [4.78, 5) is 17.0. The fourth-order valence-corrected chi connectivity index (χ4v) is 3.18. The molecule has 2 unspecified atom stereocenters. The van der Waals surface area contributed by atoms with Crippen LogP contribution in [0.2, 0.25) is 0 Å². The molecule has 6 nitrogen and oxygen atoms in total. The molecule has 2 N–H and O–H groups in total. The summed E-state index contributed by atoms with van der Waals surface area (Å²) >= 11 is 0. The van der Waals surface area contributed by atoms with Gasteiger partial charge >= 0.3 is 6.03 Å². The highest BCUT2D eigenvalue weighted by molar-refractivity contribution is 5.72. The Hall–Kier alpha value is -1.66. The number of urea groups is 1. The fourth-order valence-electron chi connectivity index (χ4n) is 3.18. The molecule has 3 atom stereocenters. The normalized spacial score (nSPS) is 28.4. The first kappa shape index (κ1) is 14.3. The Morgan fingerprint density at radius 2 is 2.19 bits per heavy atom. The van der Waals surface area contributed by atoms with Crippen molar-refractivity contribution in [3.05, 3.63) is 30.1 Å². The van der Waals surface area contributed by atoms with Gasteiger partial charge in [-0.1, -0.05) is 0 Å². The van der Waals surface area contributed by atoms with Crippen LogP contribution in [0, 0.1) is 0 Å². The SMILES string of the molecule is NC(=O)N1CCC2O[C@@H](COCc3ccncc3)CCC21. The number of carbonyl (C=O) groups excluding carboxylic acids is 1. The van der Waals surface area contributed by atoms with E-state index in [-0.39, 0.29) is 24.3 Å². The second kappa shape index (κ2) is 6.41. The van der Waals surface area contributed by atoms with Gasteiger partial charge in [-0.15, -0.1) is 0 Å². The summed E-state index contributed by atoms with van der Waals surface area (Å²) in [5, 5.41) is 0. The molecule has 1 aromatic rings. The van der Waals surface area contributed by atoms with E-state index < -0.39 is 0 Å². The van der Waals surface area contributed by atoms with Crippen LogP contribution in [0.15, 0.2) is 24.5 Å². The predicted octanol–water partition coefficient (Wildman–Crippen LogP) is 1.30. The highest BCUT2D eigenvalue weighted by Crippen LogP contribution is 2.31. The summed E-state index contributed by atoms with van der Waals surface area (Å²) in [5.41, 5.74) is 6.50. The Bertz CT molecular complexity index is 482. The number of fused-ring (bicyclic) bond motifs is 1. The van der Waals surface area contributed by atoms with Gasteiger partial charge in [0.25, 0.3) is 0 Å². The summed E-state index contributed by atoms with van der Waals surface area (Å²) in [7, 11) is 0. The number of primary amides is 1. The molecule has 6 heteroatoms. The number of nitrogens with zero attached hydrogens (tertiary/aromatic N) is 2. The number of aromatic nitrogens is 1. The maximum Gasteiger partial charge on any atom is 0.315 e. The van der Waals surface area contributed by atoms with Crippen molar-refractivity contribution in [2.45, 2.75) is 44.1 Å². The van der Waals surface area contributed by atoms with Gasteiger partial charge in [-0.3, -0.25) is 4.98 Å². The smallest absolute Gasteiger partial charge is 0.315 e. The molecule has 0 aliphatic carbocycles. The third kappa shape index (κ3) is 3.33. The molecule has 0 spiro atoms. The van der Waals surface area contributed by atoms with Crippen molar-refractivity contribution in [2.24, 2.45) is 5.73 Å². The molecule has 0 radical (unpaired) electrons. The zero-order valence-electron chi connectivity index (χ0n) is 12.0. The van der Waals surface area contributed by atoms with E-state index in [1.54, 1.807) is 17.3 Å². The summed E-state index contributed by atoms with van der Waals surface area (Å²) < 4.78 is 11.8. The summed E-state index contributed by atoms with van der Waals surface area (Å²) in [6, 6.07) is 3.70. The number of nitrogens with two attached hydrogens (primary N) is 1. The van der Waals surface area contributed by atoms with E-state index in [0.29, 0.717) is 19.8 Å². The Kier molecular flexibility index (Phi) is 4.36. The van der Waals surface area contributed by atoms with Crippen molar-refractivity contribution in [3.63, 3.8) is 0 Å². The first-order valence-electron chi connectivity index (χ1n) is 7.42. The summed E-state index contributed by atoms with van der Waals surface area (Å²) in [6.45, 7) is 1.86. The minimum atomic E-state index is -0.335. The molecule has 2 aliphatic heterocycles. The van der Waals surface area contributed by atoms with E-state index >= 15 is 0 Å². The quantitative estimate of drug-likeness (QED) is 0.907. The number of likely N-dealkylation sites (tertiary alicyclic amines) is 1. The monoisotopic (exact) mass is 291 g/mol. The van der Waals surface area contributed by atoms with E-state index in [1.807, 2.05) is 12.1 Å². The molecule has 114 valence electrons. The number of carbonyl (C=O) groups is 1. The molecule has 1 aromatic heterocycles. The molecule has 21 heavy (non-hydrogen) atoms. The number of hydrogen-bond acceptors (Lipinski definition) is 4. The Morgan fingerprint density at radius 1 is 1.38 bits per heavy atom. The van der Waals surface area contributed by atoms with Gasteiger partial charge in [-0.2, -0.15) is 0 Å². The van der Waals surface area contributed by atoms with Crippen molar-refractivity contribution in [1.29, 1.82) is 0 Å². The molecule has 2 aliphatic rings. The zero-order valence-corrected chi connectivity index (χ0v) is 12.0. The Labute approximate surface area is 124 Å². The van der Waals surface area contributed by atoms with E-state index in [0.717, 1.165) is 24.8 Å². The van der Waals surface area contributed by atoms with Crippen LogP contribution in [-0.2, 0) is 16.1 Å². The second-order valence-corrected chi connectivity index (χ2v) is 5.63. The molecule has 0 aromatic carbocycles. The van der Waals surface area contributed by atoms with Crippen LogP contribution in [0.25, 0.3) is 0 Å². The lowest BCUT2D eigenvalue weighted by Crippen LogP contribution is -2.47. The van der Waals surface area contributed by atoms with Gasteiger partial charge in [0.1, 0.15) is 0 Å². The largest absolute Gasteiger partial charge is 0.374 e. The third-order valence-electron chi connectivity index (χ3n) is 4.24. The van der Waals surface area contributed by atoms with Crippen molar-refractivity contribution in [1.82, 2.24) is 9.88 Å². The number of pyridine rings is 1. The van der Waals surface area contributed by atoms with Crippen LogP contribution >= 0.6 is 0 Å². The molecule has 2 amide bonds. The zero-order chi connectivity index (χ0) is 14.7. The van der Waals surface area contributed by atoms with E-state index in [2.05, 4.69) is 4.98 Å². The van der Waals surface area contributed by atoms with Gasteiger partial charge < -0.3 is 20.1 Å². The first-order valence-corrected chi connectivity index (χ1v) is 7.42. The lowest BCUT2D eigenvalue weighted by molar-refractivity contribution is -0.0980. The standard InChI is InChI=1S/C15H21N3O3/c16-15(19)18-8-5-14-13(18)2-1-12(21-14)10-20-9-11-3-6-17-7-4-11/h3-4,6-7,12-14H,1-2,5,8-10H2,(H2,16,19)/t12-,13?,14?/m1/s1. The van der Waals surface area contributed by atoms with Crippen molar-refractivity contribution in [3.8, 4) is 0 Å². The molecule has 3 rings (SSSR count). The van der Waals surface area contributed by atoms with E-state index in [4.69, 9.17) is 15.2 Å². The lowest BCUT2D eigenvalue weighted by Gasteiger charge is -2.35. The third-order valence-corrected chi connectivity index (χ3v) is 4.24. The van der Waals surface area contributed by atoms with Crippen LogP contribution in [0.4, 0.5) is 4.79 Å². The van der Waals surface area contributed by atoms with Crippen LogP contribution < -0.4 is 5.73 Å². The molecule has 0 saturated carbocycles. The fraction of sp³-hybridized carbons (Fsp3) is 0.600. The minimum Gasteiger partial charge on any atom is -0.374 e. The number of ether oxygens (including phenoxy) is 2. The molecule has 3 heterocycles. The molecule has 2 saturated heterocycles. The predicted molar refractivity (Wildman–Crippen MR) is 76.5 cm³/mol. The van der Waals surface area contributed by atoms with Crippen LogP contribution in [0.1, 0.15) is 24.8 Å². The van der Waals surface area contributed by atoms with Crippen LogP contribution in [-0.4, -0.2) is 47.3 Å². The van der Waals surface area contributed by atoms with Crippen molar-refractivity contribution >= 4 is 6.03 Å². The molecule has 0 bridgehead atoms. The average Bonchev–Trinajstić information content (AvgIpc) is 2.91. The maximum atomic E-state index is 11.3. The average molecular weight is 291 g/mol. The number of amides is 2. The van der Waals surface area contributed by atoms with Crippen molar-refractivity contribution < 1.29 is 14.3 Å². The number of rotatable bonds is 4.